The lowest BCUT2D eigenvalue weighted by molar-refractivity contribution is -0.124. The summed E-state index contributed by atoms with van der Waals surface area (Å²) in [6.07, 6.45) is 0. The van der Waals surface area contributed by atoms with Gasteiger partial charge in [0.1, 0.15) is 0 Å². The van der Waals surface area contributed by atoms with Gasteiger partial charge < -0.3 is 9.47 Å². The number of carbonyl (C=O) groups is 2. The monoisotopic (exact) mass is 449 g/mol. The third-order valence-electron chi connectivity index (χ3n) is 3.07. The highest BCUT2D eigenvalue weighted by Gasteiger charge is 2.26. The van der Waals surface area contributed by atoms with Gasteiger partial charge in [-0.25, -0.2) is 9.88 Å². The maximum absolute atomic E-state index is 11.9. The first-order valence-corrected chi connectivity index (χ1v) is 7.86. The molecule has 0 aliphatic carbocycles. The molecule has 9 heteroatoms. The molecule has 0 atom stereocenters. The Balaban J connectivity index is 2.95. The topological polar surface area (TPSA) is 81.6 Å². The fraction of sp³-hybridized carbons (Fsp3) is 0.286. The molecule has 7 nitrogen and oxygen atoms in total. The molecule has 0 spiro atoms. The summed E-state index contributed by atoms with van der Waals surface area (Å²) in [6, 6.07) is 1.62. The van der Waals surface area contributed by atoms with E-state index in [0.717, 1.165) is 4.90 Å². The van der Waals surface area contributed by atoms with Crippen molar-refractivity contribution in [3.63, 3.8) is 0 Å². The summed E-state index contributed by atoms with van der Waals surface area (Å²) < 4.78 is 11.2. The quantitative estimate of drug-likeness (QED) is 0.529. The van der Waals surface area contributed by atoms with Crippen LogP contribution in [0.25, 0.3) is 10.9 Å². The molecule has 0 aliphatic heterocycles. The molecule has 1 aromatic heterocycles. The van der Waals surface area contributed by atoms with E-state index < -0.39 is 11.8 Å². The molecule has 0 saturated heterocycles. The normalized spacial score (nSPS) is 10.5. The van der Waals surface area contributed by atoms with Crippen molar-refractivity contribution >= 4 is 62.7 Å². The summed E-state index contributed by atoms with van der Waals surface area (Å²) in [5, 5.41) is 0.404. The molecule has 0 N–H and O–H groups in total. The number of benzene rings is 1. The van der Waals surface area contributed by atoms with Crippen LogP contribution in [0.15, 0.2) is 6.07 Å². The second-order valence-corrected chi connectivity index (χ2v) is 5.93. The highest BCUT2D eigenvalue weighted by atomic mass is 127. The molecular formula is C14H13ClIN3O4. The number of rotatable bonds is 3. The first-order valence-electron chi connectivity index (χ1n) is 6.40. The van der Waals surface area contributed by atoms with Gasteiger partial charge in [-0.05, 0) is 34.2 Å². The average Bonchev–Trinajstić information content (AvgIpc) is 2.45. The number of anilines is 1. The van der Waals surface area contributed by atoms with Crippen molar-refractivity contribution in [1.82, 2.24) is 9.97 Å². The highest BCUT2D eigenvalue weighted by molar-refractivity contribution is 14.1. The Morgan fingerprint density at radius 2 is 1.78 bits per heavy atom. The van der Waals surface area contributed by atoms with Gasteiger partial charge in [0, 0.05) is 19.9 Å². The van der Waals surface area contributed by atoms with Crippen LogP contribution in [0.5, 0.6) is 11.5 Å². The number of hydrogen-bond acceptors (Lipinski definition) is 6. The van der Waals surface area contributed by atoms with Crippen LogP contribution in [0, 0.1) is 3.57 Å². The Kier molecular flexibility index (Phi) is 5.25. The van der Waals surface area contributed by atoms with E-state index in [-0.39, 0.29) is 11.1 Å². The lowest BCUT2D eigenvalue weighted by Crippen LogP contribution is -2.34. The standard InChI is InChI=1S/C14H13ClIN3O4/c1-6(20)19(7(2)21)13-10-8(17-14(15)18-13)5-9(22-3)12(23-4)11(10)16/h5H,1-4H3. The molecule has 1 heterocycles. The van der Waals surface area contributed by atoms with E-state index in [4.69, 9.17) is 21.1 Å². The first-order chi connectivity index (χ1) is 10.8. The van der Waals surface area contributed by atoms with Crippen molar-refractivity contribution < 1.29 is 19.1 Å². The van der Waals surface area contributed by atoms with E-state index in [1.165, 1.54) is 28.1 Å². The van der Waals surface area contributed by atoms with Crippen LogP contribution in [0.2, 0.25) is 5.28 Å². The molecule has 0 bridgehead atoms. The van der Waals surface area contributed by atoms with Crippen LogP contribution in [-0.2, 0) is 9.59 Å². The number of imide groups is 1. The number of nitrogens with zero attached hydrogens (tertiary/aromatic N) is 3. The van der Waals surface area contributed by atoms with Crippen molar-refractivity contribution in [2.45, 2.75) is 13.8 Å². The van der Waals surface area contributed by atoms with Gasteiger partial charge in [-0.3, -0.25) is 9.59 Å². The minimum absolute atomic E-state index is 0.0805. The minimum atomic E-state index is -0.473. The Morgan fingerprint density at radius 3 is 2.26 bits per heavy atom. The van der Waals surface area contributed by atoms with Gasteiger partial charge in [0.05, 0.1) is 28.7 Å². The zero-order valence-electron chi connectivity index (χ0n) is 12.8. The van der Waals surface area contributed by atoms with Crippen LogP contribution in [0.4, 0.5) is 5.82 Å². The predicted octanol–water partition coefficient (Wildman–Crippen LogP) is 2.80. The summed E-state index contributed by atoms with van der Waals surface area (Å²) in [6.45, 7) is 2.55. The number of halogens is 2. The van der Waals surface area contributed by atoms with Crippen molar-refractivity contribution in [3.8, 4) is 11.5 Å². The zero-order chi connectivity index (χ0) is 17.3. The molecule has 0 saturated carbocycles. The number of amides is 2. The smallest absolute Gasteiger partial charge is 0.231 e. The molecule has 0 unspecified atom stereocenters. The maximum Gasteiger partial charge on any atom is 0.231 e. The number of fused-ring (bicyclic) bond motifs is 1. The summed E-state index contributed by atoms with van der Waals surface area (Å²) in [4.78, 5) is 32.9. The molecule has 2 amide bonds. The third kappa shape index (κ3) is 3.18. The number of ether oxygens (including phenoxy) is 2. The SMILES string of the molecule is COc1cc2nc(Cl)nc(N(C(C)=O)C(C)=O)c2c(I)c1OC. The Bertz CT molecular complexity index is 798. The Labute approximate surface area is 151 Å². The summed E-state index contributed by atoms with van der Waals surface area (Å²) >= 11 is 7.98. The first kappa shape index (κ1) is 17.7. The third-order valence-corrected chi connectivity index (χ3v) is 4.26. The van der Waals surface area contributed by atoms with Gasteiger partial charge in [0.15, 0.2) is 17.3 Å². The highest BCUT2D eigenvalue weighted by Crippen LogP contribution is 2.41. The summed E-state index contributed by atoms with van der Waals surface area (Å²) in [5.41, 5.74) is 0.439. The molecular weight excluding hydrogens is 437 g/mol. The van der Waals surface area contributed by atoms with Gasteiger partial charge in [-0.2, -0.15) is 4.98 Å². The largest absolute Gasteiger partial charge is 0.493 e. The number of carbonyl (C=O) groups excluding carboxylic acids is 2. The summed E-state index contributed by atoms with van der Waals surface area (Å²) in [7, 11) is 3.00. The fourth-order valence-corrected chi connectivity index (χ4v) is 3.36. The van der Waals surface area contributed by atoms with Gasteiger partial charge in [0.25, 0.3) is 0 Å². The molecule has 0 fully saturated rings. The second-order valence-electron chi connectivity index (χ2n) is 4.51. The molecule has 0 aliphatic rings. The van der Waals surface area contributed by atoms with Gasteiger partial charge >= 0.3 is 0 Å². The number of methoxy groups -OCH3 is 2. The Hall–Kier alpha value is -1.68. The molecule has 2 rings (SSSR count). The van der Waals surface area contributed by atoms with Crippen molar-refractivity contribution in [1.29, 1.82) is 0 Å². The van der Waals surface area contributed by atoms with Crippen LogP contribution in [0.3, 0.4) is 0 Å². The second kappa shape index (κ2) is 6.83. The minimum Gasteiger partial charge on any atom is -0.493 e. The predicted molar refractivity (Wildman–Crippen MR) is 94.2 cm³/mol. The van der Waals surface area contributed by atoms with Gasteiger partial charge in [0.2, 0.25) is 17.1 Å². The lowest BCUT2D eigenvalue weighted by atomic mass is 10.2. The van der Waals surface area contributed by atoms with Crippen LogP contribution in [-0.4, -0.2) is 36.0 Å². The van der Waals surface area contributed by atoms with E-state index in [1.807, 2.05) is 22.6 Å². The molecule has 122 valence electrons. The molecule has 0 radical (unpaired) electrons. The maximum atomic E-state index is 11.9. The summed E-state index contributed by atoms with van der Waals surface area (Å²) in [5.74, 6) is 0.0887. The molecule has 2 aromatic rings. The number of hydrogen-bond donors (Lipinski definition) is 0. The van der Waals surface area contributed by atoms with Crippen LogP contribution in [0.1, 0.15) is 13.8 Å². The van der Waals surface area contributed by atoms with Crippen LogP contribution >= 0.6 is 34.2 Å². The van der Waals surface area contributed by atoms with Gasteiger partial charge in [-0.1, -0.05) is 0 Å². The lowest BCUT2D eigenvalue weighted by Gasteiger charge is -2.20. The van der Waals surface area contributed by atoms with Crippen molar-refractivity contribution in [2.24, 2.45) is 0 Å². The van der Waals surface area contributed by atoms with Crippen molar-refractivity contribution in [2.75, 3.05) is 19.1 Å². The van der Waals surface area contributed by atoms with E-state index >= 15 is 0 Å². The Morgan fingerprint density at radius 1 is 1.17 bits per heavy atom. The average molecular weight is 450 g/mol. The van der Waals surface area contributed by atoms with E-state index in [0.29, 0.717) is 26.0 Å². The fourth-order valence-electron chi connectivity index (χ4n) is 2.19. The zero-order valence-corrected chi connectivity index (χ0v) is 15.7. The van der Waals surface area contributed by atoms with E-state index in [9.17, 15) is 9.59 Å². The van der Waals surface area contributed by atoms with Crippen LogP contribution < -0.4 is 14.4 Å². The molecule has 1 aromatic carbocycles. The van der Waals surface area contributed by atoms with Crippen molar-refractivity contribution in [3.05, 3.63) is 14.9 Å². The molecule has 23 heavy (non-hydrogen) atoms. The number of aromatic nitrogens is 2. The van der Waals surface area contributed by atoms with Gasteiger partial charge in [-0.15, -0.1) is 0 Å². The van der Waals surface area contributed by atoms with E-state index in [2.05, 4.69) is 9.97 Å². The van der Waals surface area contributed by atoms with E-state index in [1.54, 1.807) is 6.07 Å².